The smallest absolute Gasteiger partial charge is 0.207 e. The molecule has 1 N–H and O–H groups in total. The van der Waals surface area contributed by atoms with Crippen molar-refractivity contribution < 1.29 is 15.0 Å². The van der Waals surface area contributed by atoms with Crippen LogP contribution in [0.25, 0.3) is 0 Å². The Morgan fingerprint density at radius 1 is 1.40 bits per heavy atom. The lowest BCUT2D eigenvalue weighted by atomic mass is 10.1. The highest BCUT2D eigenvalue weighted by molar-refractivity contribution is 6.48. The van der Waals surface area contributed by atoms with Gasteiger partial charge in [0.05, 0.1) is 0 Å². The number of carbonyl (C=O) groups excluding carboxylic acids is 1. The average molecular weight is 139 g/mol. The number of hydrogen-bond donors (Lipinski definition) is 1. The van der Waals surface area contributed by atoms with E-state index in [9.17, 15) is 4.79 Å². The van der Waals surface area contributed by atoms with Crippen molar-refractivity contribution in [3.8, 4) is 0 Å². The summed E-state index contributed by atoms with van der Waals surface area (Å²) in [5.74, 6) is -0.281. The van der Waals surface area contributed by atoms with Gasteiger partial charge in [0.1, 0.15) is 0 Å². The summed E-state index contributed by atoms with van der Waals surface area (Å²) in [6, 6.07) is 0. The molecule has 0 radical (unpaired) electrons. The lowest BCUT2D eigenvalue weighted by Gasteiger charge is -1.95. The van der Waals surface area contributed by atoms with Gasteiger partial charge in [0.2, 0.25) is 5.78 Å². The average Bonchev–Trinajstić information content (AvgIpc) is 1.94. The second-order valence-electron chi connectivity index (χ2n) is 1.64. The van der Waals surface area contributed by atoms with Crippen LogP contribution in [0.5, 0.6) is 0 Å². The van der Waals surface area contributed by atoms with Crippen LogP contribution in [0, 0.1) is 0 Å². The van der Waals surface area contributed by atoms with Gasteiger partial charge in [-0.25, -0.2) is 4.99 Å². The summed E-state index contributed by atoms with van der Waals surface area (Å²) in [6.07, 6.45) is 5.98. The van der Waals surface area contributed by atoms with Gasteiger partial charge in [-0.1, -0.05) is 12.2 Å². The van der Waals surface area contributed by atoms with Gasteiger partial charge in [0.25, 0.3) is 0 Å². The first-order chi connectivity index (χ1) is 4.84. The Morgan fingerprint density at radius 2 is 2.10 bits per heavy atom. The molecule has 0 aromatic rings. The van der Waals surface area contributed by atoms with Crippen molar-refractivity contribution in [2.75, 3.05) is 0 Å². The number of hydrogen-bond acceptors (Lipinski definition) is 4. The molecule has 1 aliphatic rings. The van der Waals surface area contributed by atoms with Crippen molar-refractivity contribution in [3.63, 3.8) is 0 Å². The molecule has 0 aromatic heterocycles. The van der Waals surface area contributed by atoms with Crippen LogP contribution in [0.1, 0.15) is 0 Å². The Kier molecular flexibility index (Phi) is 1.96. The van der Waals surface area contributed by atoms with Gasteiger partial charge in [0, 0.05) is 0 Å². The third-order valence-electron chi connectivity index (χ3n) is 1.00. The van der Waals surface area contributed by atoms with Crippen LogP contribution in [-0.4, -0.2) is 16.8 Å². The quantitative estimate of drug-likeness (QED) is 0.327. The molecule has 0 spiro atoms. The van der Waals surface area contributed by atoms with Crippen molar-refractivity contribution in [2.24, 2.45) is 5.16 Å². The van der Waals surface area contributed by atoms with Crippen LogP contribution >= 0.6 is 0 Å². The van der Waals surface area contributed by atoms with Crippen molar-refractivity contribution in [3.05, 3.63) is 24.3 Å². The summed E-state index contributed by atoms with van der Waals surface area (Å²) in [7, 11) is 0. The number of ketones is 1. The molecule has 10 heavy (non-hydrogen) atoms. The van der Waals surface area contributed by atoms with E-state index in [1.54, 1.807) is 12.2 Å². The molecule has 4 heteroatoms. The van der Waals surface area contributed by atoms with Crippen LogP contribution in [0.3, 0.4) is 0 Å². The maximum absolute atomic E-state index is 10.7. The van der Waals surface area contributed by atoms with Crippen molar-refractivity contribution in [1.29, 1.82) is 0 Å². The summed E-state index contributed by atoms with van der Waals surface area (Å²) >= 11 is 0. The molecule has 0 aliphatic heterocycles. The fraction of sp³-hybridized carbons (Fsp3) is 0. The molecular formula is C6H5NO3. The van der Waals surface area contributed by atoms with Crippen LogP contribution in [0.15, 0.2) is 29.5 Å². The minimum absolute atomic E-state index is 0.0880. The van der Waals surface area contributed by atoms with Crippen molar-refractivity contribution >= 4 is 11.5 Å². The second kappa shape index (κ2) is 2.93. The molecule has 0 bridgehead atoms. The zero-order valence-corrected chi connectivity index (χ0v) is 5.02. The van der Waals surface area contributed by atoms with Gasteiger partial charge in [-0.05, 0) is 17.3 Å². The van der Waals surface area contributed by atoms with Gasteiger partial charge in [-0.2, -0.15) is 5.26 Å². The monoisotopic (exact) mass is 139 g/mol. The van der Waals surface area contributed by atoms with Gasteiger partial charge >= 0.3 is 0 Å². The summed E-state index contributed by atoms with van der Waals surface area (Å²) in [5, 5.41) is 10.9. The molecule has 1 aliphatic carbocycles. The number of nitrogens with zero attached hydrogens (tertiary/aromatic N) is 1. The molecule has 4 nitrogen and oxygen atoms in total. The Bertz CT molecular complexity index is 227. The number of rotatable bonds is 1. The normalized spacial score (nSPS) is 20.1. The van der Waals surface area contributed by atoms with E-state index in [1.807, 2.05) is 0 Å². The summed E-state index contributed by atoms with van der Waals surface area (Å²) < 4.78 is 0. The van der Waals surface area contributed by atoms with Gasteiger partial charge in [-0.3, -0.25) is 4.79 Å². The highest BCUT2D eigenvalue weighted by Gasteiger charge is 2.06. The van der Waals surface area contributed by atoms with E-state index in [0.29, 0.717) is 0 Å². The van der Waals surface area contributed by atoms with Gasteiger partial charge < -0.3 is 0 Å². The Balaban J connectivity index is 2.80. The molecule has 1 rings (SSSR count). The number of oxime groups is 1. The molecule has 0 heterocycles. The third kappa shape index (κ3) is 1.29. The van der Waals surface area contributed by atoms with Crippen molar-refractivity contribution in [2.45, 2.75) is 0 Å². The Labute approximate surface area is 57.0 Å². The van der Waals surface area contributed by atoms with Crippen molar-refractivity contribution in [1.82, 2.24) is 0 Å². The van der Waals surface area contributed by atoms with E-state index in [2.05, 4.69) is 10.1 Å². The summed E-state index contributed by atoms with van der Waals surface area (Å²) in [4.78, 5) is 14.2. The number of allylic oxidation sites excluding steroid dienone is 4. The molecule has 0 fully saturated rings. The maximum atomic E-state index is 10.7. The lowest BCUT2D eigenvalue weighted by Crippen LogP contribution is -2.10. The first kappa shape index (κ1) is 6.70. The zero-order chi connectivity index (χ0) is 7.40. The highest BCUT2D eigenvalue weighted by atomic mass is 17.2. The van der Waals surface area contributed by atoms with E-state index < -0.39 is 0 Å². The summed E-state index contributed by atoms with van der Waals surface area (Å²) in [6.45, 7) is 0. The maximum Gasteiger partial charge on any atom is 0.207 e. The molecule has 0 saturated heterocycles. The lowest BCUT2D eigenvalue weighted by molar-refractivity contribution is -0.242. The first-order valence-electron chi connectivity index (χ1n) is 2.62. The molecule has 0 saturated carbocycles. The van der Waals surface area contributed by atoms with Crippen LogP contribution in [0.4, 0.5) is 0 Å². The third-order valence-corrected chi connectivity index (χ3v) is 1.00. The Morgan fingerprint density at radius 3 is 2.70 bits per heavy atom. The van der Waals surface area contributed by atoms with E-state index in [-0.39, 0.29) is 11.5 Å². The van der Waals surface area contributed by atoms with E-state index in [0.717, 1.165) is 0 Å². The predicted octanol–water partition coefficient (Wildman–Crippen LogP) is 0.527. The van der Waals surface area contributed by atoms with Crippen LogP contribution < -0.4 is 0 Å². The Hall–Kier alpha value is -1.42. The van der Waals surface area contributed by atoms with E-state index in [1.165, 1.54) is 12.2 Å². The SMILES string of the molecule is O=C1C=CC=C/C1=N\OO. The second-order valence-corrected chi connectivity index (χ2v) is 1.64. The topological polar surface area (TPSA) is 58.9 Å². The van der Waals surface area contributed by atoms with E-state index in [4.69, 9.17) is 5.26 Å². The van der Waals surface area contributed by atoms with E-state index >= 15 is 0 Å². The van der Waals surface area contributed by atoms with Crippen LogP contribution in [0.2, 0.25) is 0 Å². The molecule has 0 atom stereocenters. The summed E-state index contributed by atoms with van der Waals surface area (Å²) in [5.41, 5.74) is 0.0880. The highest BCUT2D eigenvalue weighted by Crippen LogP contribution is 1.95. The fourth-order valence-electron chi connectivity index (χ4n) is 0.577. The minimum atomic E-state index is -0.281. The molecule has 0 aromatic carbocycles. The van der Waals surface area contributed by atoms with Gasteiger partial charge in [0.15, 0.2) is 5.71 Å². The molecule has 0 amide bonds. The molecular weight excluding hydrogens is 134 g/mol. The zero-order valence-electron chi connectivity index (χ0n) is 5.02. The molecule has 0 unspecified atom stereocenters. The number of carbonyl (C=O) groups is 1. The fourth-order valence-corrected chi connectivity index (χ4v) is 0.577. The largest absolute Gasteiger partial charge is 0.287 e. The molecule has 52 valence electrons. The first-order valence-corrected chi connectivity index (χ1v) is 2.62. The van der Waals surface area contributed by atoms with Gasteiger partial charge in [-0.15, -0.1) is 0 Å². The minimum Gasteiger partial charge on any atom is -0.287 e. The van der Waals surface area contributed by atoms with Crippen LogP contribution in [-0.2, 0) is 9.78 Å². The predicted molar refractivity (Wildman–Crippen MR) is 34.4 cm³/mol. The standard InChI is InChI=1S/C6H5NO3/c8-6-4-2-1-3-5(6)7-10-9/h1-4,9H/b7-5+.